The Bertz CT molecular complexity index is 266. The second kappa shape index (κ2) is 5.84. The Morgan fingerprint density at radius 3 is 2.69 bits per heavy atom. The molecule has 1 N–H and O–H groups in total. The van der Waals surface area contributed by atoms with Crippen LogP contribution in [0.15, 0.2) is 0 Å². The fourth-order valence-electron chi connectivity index (χ4n) is 2.00. The first-order valence-electron chi connectivity index (χ1n) is 5.73. The van der Waals surface area contributed by atoms with E-state index in [9.17, 15) is 9.59 Å². The van der Waals surface area contributed by atoms with Gasteiger partial charge < -0.3 is 15.1 Å². The molecule has 1 aliphatic rings. The van der Waals surface area contributed by atoms with E-state index in [1.54, 1.807) is 23.9 Å². The molecule has 1 rings (SSSR count). The highest BCUT2D eigenvalue weighted by Crippen LogP contribution is 2.19. The van der Waals surface area contributed by atoms with Gasteiger partial charge in [-0.3, -0.25) is 9.59 Å². The van der Waals surface area contributed by atoms with Crippen molar-refractivity contribution in [3.63, 3.8) is 0 Å². The average Bonchev–Trinajstić information content (AvgIpc) is 2.73. The minimum absolute atomic E-state index is 0.0373. The number of likely N-dealkylation sites (tertiary alicyclic amines) is 1. The van der Waals surface area contributed by atoms with E-state index in [4.69, 9.17) is 0 Å². The summed E-state index contributed by atoms with van der Waals surface area (Å²) < 4.78 is 0. The monoisotopic (exact) mass is 227 g/mol. The number of carbonyl (C=O) groups excluding carboxylic acids is 2. The van der Waals surface area contributed by atoms with Gasteiger partial charge >= 0.3 is 0 Å². The van der Waals surface area contributed by atoms with Gasteiger partial charge in [0.1, 0.15) is 6.04 Å². The Hall–Kier alpha value is -1.10. The average molecular weight is 227 g/mol. The second-order valence-corrected chi connectivity index (χ2v) is 4.33. The lowest BCUT2D eigenvalue weighted by Gasteiger charge is -2.26. The zero-order valence-corrected chi connectivity index (χ0v) is 10.3. The molecule has 0 aromatic heterocycles. The van der Waals surface area contributed by atoms with Crippen molar-refractivity contribution in [2.75, 3.05) is 34.2 Å². The second-order valence-electron chi connectivity index (χ2n) is 4.33. The smallest absolute Gasteiger partial charge is 0.244 e. The molecule has 1 heterocycles. The van der Waals surface area contributed by atoms with Gasteiger partial charge in [-0.2, -0.15) is 0 Å². The van der Waals surface area contributed by atoms with Gasteiger partial charge in [0.05, 0.1) is 0 Å². The van der Waals surface area contributed by atoms with Gasteiger partial charge in [-0.15, -0.1) is 0 Å². The summed E-state index contributed by atoms with van der Waals surface area (Å²) in [4.78, 5) is 27.0. The molecule has 16 heavy (non-hydrogen) atoms. The van der Waals surface area contributed by atoms with E-state index in [0.717, 1.165) is 12.8 Å². The molecule has 1 saturated heterocycles. The molecule has 5 nitrogen and oxygen atoms in total. The number of amides is 2. The molecule has 0 aliphatic carbocycles. The standard InChI is InChI=1S/C11H21N3O2/c1-12-7-6-10(15)14-8-4-5-9(14)11(16)13(2)3/h9,12H,4-8H2,1-3H3. The van der Waals surface area contributed by atoms with Crippen molar-refractivity contribution in [3.8, 4) is 0 Å². The van der Waals surface area contributed by atoms with Gasteiger partial charge in [-0.1, -0.05) is 0 Å². The van der Waals surface area contributed by atoms with Crippen LogP contribution in [0.5, 0.6) is 0 Å². The zero-order valence-electron chi connectivity index (χ0n) is 10.3. The molecule has 0 aromatic carbocycles. The SMILES string of the molecule is CNCCC(=O)N1CCCC1C(=O)N(C)C. The summed E-state index contributed by atoms with van der Waals surface area (Å²) in [7, 11) is 5.29. The molecule has 1 unspecified atom stereocenters. The maximum atomic E-state index is 11.9. The normalized spacial score (nSPS) is 19.9. The Morgan fingerprint density at radius 2 is 2.12 bits per heavy atom. The number of likely N-dealkylation sites (N-methyl/N-ethyl adjacent to an activating group) is 1. The van der Waals surface area contributed by atoms with Crippen molar-refractivity contribution in [1.29, 1.82) is 0 Å². The quantitative estimate of drug-likeness (QED) is 0.716. The highest BCUT2D eigenvalue weighted by Gasteiger charge is 2.34. The van der Waals surface area contributed by atoms with Crippen LogP contribution < -0.4 is 5.32 Å². The van der Waals surface area contributed by atoms with Gasteiger partial charge in [0.2, 0.25) is 11.8 Å². The molecule has 1 aliphatic heterocycles. The van der Waals surface area contributed by atoms with E-state index in [-0.39, 0.29) is 17.9 Å². The molecule has 0 spiro atoms. The van der Waals surface area contributed by atoms with Crippen LogP contribution in [0.4, 0.5) is 0 Å². The topological polar surface area (TPSA) is 52.7 Å². The summed E-state index contributed by atoms with van der Waals surface area (Å²) >= 11 is 0. The number of carbonyl (C=O) groups is 2. The van der Waals surface area contributed by atoms with Crippen LogP contribution in [-0.4, -0.2) is 61.9 Å². The van der Waals surface area contributed by atoms with Crippen molar-refractivity contribution in [2.24, 2.45) is 0 Å². The lowest BCUT2D eigenvalue weighted by atomic mass is 10.2. The summed E-state index contributed by atoms with van der Waals surface area (Å²) in [6.45, 7) is 1.38. The van der Waals surface area contributed by atoms with Crippen LogP contribution in [0.25, 0.3) is 0 Å². The van der Waals surface area contributed by atoms with Crippen LogP contribution in [0, 0.1) is 0 Å². The Morgan fingerprint density at radius 1 is 1.44 bits per heavy atom. The third-order valence-electron chi connectivity index (χ3n) is 2.89. The number of nitrogens with one attached hydrogen (secondary N) is 1. The molecule has 0 bridgehead atoms. The maximum Gasteiger partial charge on any atom is 0.244 e. The molecule has 1 fully saturated rings. The Kier molecular flexibility index (Phi) is 4.73. The lowest BCUT2D eigenvalue weighted by Crippen LogP contribution is -2.45. The lowest BCUT2D eigenvalue weighted by molar-refractivity contribution is -0.142. The molecule has 0 radical (unpaired) electrons. The van der Waals surface area contributed by atoms with E-state index in [1.807, 2.05) is 7.05 Å². The summed E-state index contributed by atoms with van der Waals surface area (Å²) in [5.41, 5.74) is 0. The van der Waals surface area contributed by atoms with Gasteiger partial charge in [0, 0.05) is 33.6 Å². The van der Waals surface area contributed by atoms with E-state index in [2.05, 4.69) is 5.32 Å². The number of hydrogen-bond acceptors (Lipinski definition) is 3. The Balaban J connectivity index is 2.58. The number of hydrogen-bond donors (Lipinski definition) is 1. The number of nitrogens with zero attached hydrogens (tertiary/aromatic N) is 2. The van der Waals surface area contributed by atoms with Crippen LogP contribution in [-0.2, 0) is 9.59 Å². The van der Waals surface area contributed by atoms with Crippen LogP contribution >= 0.6 is 0 Å². The van der Waals surface area contributed by atoms with Crippen molar-refractivity contribution in [2.45, 2.75) is 25.3 Å². The maximum absolute atomic E-state index is 11.9. The minimum atomic E-state index is -0.237. The minimum Gasteiger partial charge on any atom is -0.347 e. The fraction of sp³-hybridized carbons (Fsp3) is 0.818. The summed E-state index contributed by atoms with van der Waals surface area (Å²) in [5.74, 6) is 0.113. The molecule has 0 saturated carbocycles. The van der Waals surface area contributed by atoms with Crippen molar-refractivity contribution in [1.82, 2.24) is 15.1 Å². The number of rotatable bonds is 4. The molecular formula is C11H21N3O2. The Labute approximate surface area is 96.8 Å². The highest BCUT2D eigenvalue weighted by molar-refractivity contribution is 5.88. The molecule has 1 atom stereocenters. The predicted octanol–water partition coefficient (Wildman–Crippen LogP) is -0.325. The van der Waals surface area contributed by atoms with E-state index >= 15 is 0 Å². The molecule has 92 valence electrons. The van der Waals surface area contributed by atoms with Crippen LogP contribution in [0.3, 0.4) is 0 Å². The molecule has 2 amide bonds. The highest BCUT2D eigenvalue weighted by atomic mass is 16.2. The summed E-state index contributed by atoms with van der Waals surface area (Å²) in [5, 5.41) is 2.95. The first kappa shape index (κ1) is 13.0. The van der Waals surface area contributed by atoms with Gasteiger partial charge in [-0.05, 0) is 19.9 Å². The predicted molar refractivity (Wildman–Crippen MR) is 62.0 cm³/mol. The molecule has 0 aromatic rings. The summed E-state index contributed by atoms with van der Waals surface area (Å²) in [6.07, 6.45) is 2.19. The van der Waals surface area contributed by atoms with Crippen LogP contribution in [0.1, 0.15) is 19.3 Å². The third kappa shape index (κ3) is 2.95. The largest absolute Gasteiger partial charge is 0.347 e. The van der Waals surface area contributed by atoms with E-state index in [0.29, 0.717) is 19.5 Å². The molecular weight excluding hydrogens is 206 g/mol. The first-order chi connectivity index (χ1) is 7.57. The van der Waals surface area contributed by atoms with E-state index < -0.39 is 0 Å². The summed E-state index contributed by atoms with van der Waals surface area (Å²) in [6, 6.07) is -0.237. The van der Waals surface area contributed by atoms with Crippen LogP contribution in [0.2, 0.25) is 0 Å². The van der Waals surface area contributed by atoms with E-state index in [1.165, 1.54) is 0 Å². The van der Waals surface area contributed by atoms with Gasteiger partial charge in [0.25, 0.3) is 0 Å². The third-order valence-corrected chi connectivity index (χ3v) is 2.89. The van der Waals surface area contributed by atoms with Gasteiger partial charge in [-0.25, -0.2) is 0 Å². The van der Waals surface area contributed by atoms with Crippen molar-refractivity contribution in [3.05, 3.63) is 0 Å². The fourth-order valence-corrected chi connectivity index (χ4v) is 2.00. The van der Waals surface area contributed by atoms with Crippen molar-refractivity contribution < 1.29 is 9.59 Å². The first-order valence-corrected chi connectivity index (χ1v) is 5.73. The van der Waals surface area contributed by atoms with Crippen molar-refractivity contribution >= 4 is 11.8 Å². The van der Waals surface area contributed by atoms with Gasteiger partial charge in [0.15, 0.2) is 0 Å². The molecule has 5 heteroatoms. The zero-order chi connectivity index (χ0) is 12.1.